The van der Waals surface area contributed by atoms with Gasteiger partial charge in [-0.15, -0.1) is 11.3 Å². The number of nitrogens with one attached hydrogen (secondary N) is 1. The van der Waals surface area contributed by atoms with Gasteiger partial charge in [-0.05, 0) is 55.3 Å². The zero-order chi connectivity index (χ0) is 28.8. The van der Waals surface area contributed by atoms with E-state index in [-0.39, 0.29) is 11.9 Å². The van der Waals surface area contributed by atoms with Crippen LogP contribution in [0.15, 0.2) is 89.4 Å². The minimum atomic E-state index is -0.752. The molecule has 5 rings (SSSR count). The third-order valence-corrected chi connectivity index (χ3v) is 6.93. The summed E-state index contributed by atoms with van der Waals surface area (Å²) in [4.78, 5) is 38.7. The van der Waals surface area contributed by atoms with E-state index in [1.165, 1.54) is 11.3 Å². The van der Waals surface area contributed by atoms with E-state index < -0.39 is 11.9 Å². The number of imidazole rings is 1. The lowest BCUT2D eigenvalue weighted by Crippen LogP contribution is -2.27. The molecule has 12 heteroatoms. The molecule has 208 valence electrons. The lowest BCUT2D eigenvalue weighted by molar-refractivity contribution is -0.121. The number of rotatable bonds is 11. The molecule has 0 saturated carbocycles. The second-order valence-corrected chi connectivity index (χ2v) is 10.0. The van der Waals surface area contributed by atoms with Crippen molar-refractivity contribution < 1.29 is 14.3 Å². The second kappa shape index (κ2) is 12.3. The molecular weight excluding hydrogens is 540 g/mol. The Bertz CT molecular complexity index is 1700. The highest BCUT2D eigenvalue weighted by molar-refractivity contribution is 7.13. The first-order valence-electron chi connectivity index (χ1n) is 12.8. The zero-order valence-corrected chi connectivity index (χ0v) is 22.8. The summed E-state index contributed by atoms with van der Waals surface area (Å²) in [6.45, 7) is 0.343. The Labute approximate surface area is 239 Å². The van der Waals surface area contributed by atoms with E-state index in [4.69, 9.17) is 26.9 Å². The van der Waals surface area contributed by atoms with Crippen molar-refractivity contribution in [3.63, 3.8) is 0 Å². The van der Waals surface area contributed by atoms with Gasteiger partial charge in [0.05, 0.1) is 11.0 Å². The summed E-state index contributed by atoms with van der Waals surface area (Å²) >= 11 is 1.32. The first-order chi connectivity index (χ1) is 19.9. The van der Waals surface area contributed by atoms with Crippen LogP contribution in [0.1, 0.15) is 29.2 Å². The average Bonchev–Trinajstić information content (AvgIpc) is 3.61. The Hall–Kier alpha value is -5.23. The van der Waals surface area contributed by atoms with Gasteiger partial charge in [0.25, 0.3) is 5.91 Å². The lowest BCUT2D eigenvalue weighted by Gasteiger charge is -2.19. The Morgan fingerprint density at radius 1 is 1.00 bits per heavy atom. The van der Waals surface area contributed by atoms with Gasteiger partial charge in [0.15, 0.2) is 11.1 Å². The maximum atomic E-state index is 12.9. The van der Waals surface area contributed by atoms with Crippen molar-refractivity contribution in [3.8, 4) is 22.9 Å². The number of benzene rings is 3. The highest BCUT2D eigenvalue weighted by atomic mass is 32.1. The summed E-state index contributed by atoms with van der Waals surface area (Å²) in [5.74, 6) is 0.912. The predicted octanol–water partition coefficient (Wildman–Crippen LogP) is 4.28. The van der Waals surface area contributed by atoms with Crippen molar-refractivity contribution in [3.05, 3.63) is 89.9 Å². The molecule has 2 heterocycles. The number of hydrogen-bond acceptors (Lipinski definition) is 7. The third-order valence-electron chi connectivity index (χ3n) is 6.25. The molecule has 2 aromatic heterocycles. The number of nitrogens with zero attached hydrogens (tertiary/aromatic N) is 4. The number of guanidine groups is 1. The van der Waals surface area contributed by atoms with E-state index in [2.05, 4.69) is 15.3 Å². The Kier molecular flexibility index (Phi) is 8.20. The molecule has 11 nitrogen and oxygen atoms in total. The molecule has 7 N–H and O–H groups in total. The SMILES string of the molecule is NC(=O)[C@@H](CCCN=C(N)N)n1c(-c2cccc(Oc3ccccc3)c2)nc2cc(C(=O)Nc3nccs3)ccc21. The first kappa shape index (κ1) is 27.3. The van der Waals surface area contributed by atoms with Crippen LogP contribution in [-0.2, 0) is 4.79 Å². The highest BCUT2D eigenvalue weighted by Gasteiger charge is 2.25. The molecule has 1 atom stereocenters. The van der Waals surface area contributed by atoms with Crippen LogP contribution in [0.5, 0.6) is 11.5 Å². The number of carbonyl (C=O) groups excluding carboxylic acids is 2. The van der Waals surface area contributed by atoms with Gasteiger partial charge in [-0.3, -0.25) is 19.9 Å². The van der Waals surface area contributed by atoms with Gasteiger partial charge >= 0.3 is 0 Å². The molecule has 3 aromatic carbocycles. The van der Waals surface area contributed by atoms with Crippen molar-refractivity contribution in [2.24, 2.45) is 22.2 Å². The second-order valence-electron chi connectivity index (χ2n) is 9.11. The third kappa shape index (κ3) is 6.50. The maximum absolute atomic E-state index is 12.9. The van der Waals surface area contributed by atoms with E-state index in [1.807, 2.05) is 54.6 Å². The number of ether oxygens (including phenoxy) is 1. The number of aromatic nitrogens is 3. The van der Waals surface area contributed by atoms with Crippen molar-refractivity contribution in [1.29, 1.82) is 0 Å². The normalized spacial score (nSPS) is 11.6. The molecule has 0 aliphatic carbocycles. The van der Waals surface area contributed by atoms with E-state index in [1.54, 1.807) is 34.3 Å². The number of thiazole rings is 1. The van der Waals surface area contributed by atoms with Crippen molar-refractivity contribution in [2.75, 3.05) is 11.9 Å². The largest absolute Gasteiger partial charge is 0.457 e. The molecule has 0 radical (unpaired) electrons. The molecule has 0 spiro atoms. The first-order valence-corrected chi connectivity index (χ1v) is 13.7. The van der Waals surface area contributed by atoms with E-state index in [9.17, 15) is 9.59 Å². The standard InChI is InChI=1S/C29H28N8O3S/c30-25(38)24(10-5-13-33-28(31)32)37-23-12-11-19(27(39)36-29-34-14-15-41-29)17-22(23)35-26(37)18-6-4-9-21(16-18)40-20-7-2-1-3-8-20/h1-4,6-9,11-12,14-17,24H,5,10,13H2,(H2,30,38)(H4,31,32,33)(H,34,36,39)/t24-/m1/s1. The number of para-hydroxylation sites is 1. The number of amides is 2. The molecule has 0 fully saturated rings. The van der Waals surface area contributed by atoms with Crippen LogP contribution in [-0.4, -0.2) is 38.9 Å². The van der Waals surface area contributed by atoms with Gasteiger partial charge in [-0.1, -0.05) is 30.3 Å². The average molecular weight is 569 g/mol. The molecular formula is C29H28N8O3S. The number of nitrogens with two attached hydrogens (primary N) is 3. The Morgan fingerprint density at radius 2 is 1.80 bits per heavy atom. The molecule has 0 unspecified atom stereocenters. The monoisotopic (exact) mass is 568 g/mol. The molecule has 0 aliphatic heterocycles. The molecule has 0 bridgehead atoms. The van der Waals surface area contributed by atoms with Crippen LogP contribution in [0.3, 0.4) is 0 Å². The van der Waals surface area contributed by atoms with Gasteiger partial charge in [0, 0.05) is 29.2 Å². The summed E-state index contributed by atoms with van der Waals surface area (Å²) in [7, 11) is 0. The predicted molar refractivity (Wildman–Crippen MR) is 160 cm³/mol. The van der Waals surface area contributed by atoms with Crippen molar-refractivity contribution >= 4 is 45.3 Å². The number of primary amides is 1. The van der Waals surface area contributed by atoms with Gasteiger partial charge in [0.1, 0.15) is 23.4 Å². The highest BCUT2D eigenvalue weighted by Crippen LogP contribution is 2.33. The Morgan fingerprint density at radius 3 is 2.54 bits per heavy atom. The maximum Gasteiger partial charge on any atom is 0.257 e. The topological polar surface area (TPSA) is 177 Å². The smallest absolute Gasteiger partial charge is 0.257 e. The van der Waals surface area contributed by atoms with Crippen LogP contribution in [0, 0.1) is 0 Å². The fourth-order valence-electron chi connectivity index (χ4n) is 4.43. The van der Waals surface area contributed by atoms with Gasteiger partial charge in [-0.25, -0.2) is 9.97 Å². The quantitative estimate of drug-likeness (QED) is 0.104. The van der Waals surface area contributed by atoms with Crippen molar-refractivity contribution in [2.45, 2.75) is 18.9 Å². The van der Waals surface area contributed by atoms with Gasteiger partial charge in [0.2, 0.25) is 5.91 Å². The van der Waals surface area contributed by atoms with Crippen LogP contribution in [0.2, 0.25) is 0 Å². The fourth-order valence-corrected chi connectivity index (χ4v) is 4.95. The fraction of sp³-hybridized carbons (Fsp3) is 0.138. The van der Waals surface area contributed by atoms with Gasteiger partial charge in [-0.2, -0.15) is 0 Å². The molecule has 0 saturated heterocycles. The lowest BCUT2D eigenvalue weighted by atomic mass is 10.1. The van der Waals surface area contributed by atoms with Crippen LogP contribution >= 0.6 is 11.3 Å². The Balaban J connectivity index is 1.56. The van der Waals surface area contributed by atoms with Crippen molar-refractivity contribution in [1.82, 2.24) is 14.5 Å². The van der Waals surface area contributed by atoms with Gasteiger partial charge < -0.3 is 26.5 Å². The van der Waals surface area contributed by atoms with E-state index in [0.717, 1.165) is 0 Å². The minimum Gasteiger partial charge on any atom is -0.457 e. The van der Waals surface area contributed by atoms with E-state index in [0.29, 0.717) is 64.0 Å². The van der Waals surface area contributed by atoms with Crippen LogP contribution < -0.4 is 27.3 Å². The van der Waals surface area contributed by atoms with Crippen LogP contribution in [0.25, 0.3) is 22.4 Å². The minimum absolute atomic E-state index is 0.0202. The summed E-state index contributed by atoms with van der Waals surface area (Å²) in [6, 6.07) is 21.2. The molecule has 0 aliphatic rings. The van der Waals surface area contributed by atoms with E-state index >= 15 is 0 Å². The van der Waals surface area contributed by atoms with Crippen LogP contribution in [0.4, 0.5) is 5.13 Å². The number of aliphatic imine (C=N–C) groups is 1. The molecule has 41 heavy (non-hydrogen) atoms. The summed E-state index contributed by atoms with van der Waals surface area (Å²) in [5.41, 5.74) is 19.1. The molecule has 2 amide bonds. The summed E-state index contributed by atoms with van der Waals surface area (Å²) in [6.07, 6.45) is 2.50. The number of hydrogen-bond donors (Lipinski definition) is 4. The number of anilines is 1. The summed E-state index contributed by atoms with van der Waals surface area (Å²) < 4.78 is 7.84. The molecule has 5 aromatic rings. The zero-order valence-electron chi connectivity index (χ0n) is 21.9. The number of carbonyl (C=O) groups is 2. The number of fused-ring (bicyclic) bond motifs is 1. The summed E-state index contributed by atoms with van der Waals surface area (Å²) in [5, 5.41) is 5.05.